The number of carbonyl (C=O) groups excluding carboxylic acids is 1. The fourth-order valence-corrected chi connectivity index (χ4v) is 1.70. The predicted octanol–water partition coefficient (Wildman–Crippen LogP) is 2.32. The highest BCUT2D eigenvalue weighted by Crippen LogP contribution is 2.14. The third-order valence-electron chi connectivity index (χ3n) is 2.62. The highest BCUT2D eigenvalue weighted by molar-refractivity contribution is 5.92. The van der Waals surface area contributed by atoms with Crippen molar-refractivity contribution in [2.75, 3.05) is 13.2 Å². The maximum atomic E-state index is 12.1. The highest BCUT2D eigenvalue weighted by Gasteiger charge is 2.23. The topological polar surface area (TPSA) is 40.5 Å². The molecule has 0 fully saturated rings. The molecule has 1 rings (SSSR count). The Morgan fingerprint density at radius 1 is 1.28 bits per heavy atom. The Balaban J connectivity index is 2.76. The minimum Gasteiger partial charge on any atom is -0.395 e. The molecule has 0 aliphatic carbocycles. The molecule has 18 heavy (non-hydrogen) atoms. The van der Waals surface area contributed by atoms with Gasteiger partial charge in [-0.1, -0.05) is 30.3 Å². The second-order valence-corrected chi connectivity index (χ2v) is 5.13. The van der Waals surface area contributed by atoms with Crippen LogP contribution in [0.2, 0.25) is 0 Å². The first-order valence-electron chi connectivity index (χ1n) is 6.11. The lowest BCUT2D eigenvalue weighted by molar-refractivity contribution is -0.131. The smallest absolute Gasteiger partial charge is 0.247 e. The molecule has 3 nitrogen and oxygen atoms in total. The molecule has 1 N–H and O–H groups in total. The summed E-state index contributed by atoms with van der Waals surface area (Å²) < 4.78 is 0. The largest absolute Gasteiger partial charge is 0.395 e. The Bertz CT molecular complexity index is 404. The van der Waals surface area contributed by atoms with Crippen molar-refractivity contribution in [3.8, 4) is 0 Å². The third kappa shape index (κ3) is 4.34. The standard InChI is InChI=1S/C15H21NO2/c1-15(2,3)16(11-12-17)14(18)10-9-13-7-5-4-6-8-13/h4-10,17H,11-12H2,1-3H3/b10-9+. The number of rotatable bonds is 4. The van der Waals surface area contributed by atoms with E-state index in [4.69, 9.17) is 5.11 Å². The Kier molecular flexibility index (Phi) is 5.10. The maximum Gasteiger partial charge on any atom is 0.247 e. The van der Waals surface area contributed by atoms with Gasteiger partial charge in [0.1, 0.15) is 0 Å². The molecule has 98 valence electrons. The van der Waals surface area contributed by atoms with Crippen LogP contribution in [0.5, 0.6) is 0 Å². The van der Waals surface area contributed by atoms with Crippen LogP contribution in [0.25, 0.3) is 6.08 Å². The van der Waals surface area contributed by atoms with E-state index in [0.29, 0.717) is 6.54 Å². The second kappa shape index (κ2) is 6.36. The fraction of sp³-hybridized carbons (Fsp3) is 0.400. The second-order valence-electron chi connectivity index (χ2n) is 5.13. The Labute approximate surface area is 109 Å². The molecule has 0 heterocycles. The van der Waals surface area contributed by atoms with Gasteiger partial charge in [0.05, 0.1) is 6.61 Å². The fourth-order valence-electron chi connectivity index (χ4n) is 1.70. The van der Waals surface area contributed by atoms with Gasteiger partial charge in [0, 0.05) is 18.2 Å². The lowest BCUT2D eigenvalue weighted by Gasteiger charge is -2.34. The van der Waals surface area contributed by atoms with Gasteiger partial charge in [-0.2, -0.15) is 0 Å². The van der Waals surface area contributed by atoms with Crippen LogP contribution in [0, 0.1) is 0 Å². The molecular weight excluding hydrogens is 226 g/mol. The van der Waals surface area contributed by atoms with E-state index in [1.54, 1.807) is 17.1 Å². The lowest BCUT2D eigenvalue weighted by atomic mass is 10.1. The molecule has 1 amide bonds. The van der Waals surface area contributed by atoms with E-state index in [9.17, 15) is 4.79 Å². The first kappa shape index (κ1) is 14.5. The van der Waals surface area contributed by atoms with Crippen LogP contribution in [0.3, 0.4) is 0 Å². The lowest BCUT2D eigenvalue weighted by Crippen LogP contribution is -2.46. The van der Waals surface area contributed by atoms with Gasteiger partial charge < -0.3 is 10.0 Å². The van der Waals surface area contributed by atoms with E-state index < -0.39 is 0 Å². The van der Waals surface area contributed by atoms with Crippen molar-refractivity contribution in [2.45, 2.75) is 26.3 Å². The molecule has 0 saturated carbocycles. The van der Waals surface area contributed by atoms with E-state index in [1.807, 2.05) is 51.1 Å². The van der Waals surface area contributed by atoms with Gasteiger partial charge in [-0.3, -0.25) is 4.79 Å². The summed E-state index contributed by atoms with van der Waals surface area (Å²) in [6, 6.07) is 9.68. The van der Waals surface area contributed by atoms with Gasteiger partial charge in [0.15, 0.2) is 0 Å². The SMILES string of the molecule is CC(C)(C)N(CCO)C(=O)/C=C/c1ccccc1. The van der Waals surface area contributed by atoms with E-state index in [0.717, 1.165) is 5.56 Å². The van der Waals surface area contributed by atoms with Crippen molar-refractivity contribution in [1.82, 2.24) is 4.90 Å². The highest BCUT2D eigenvalue weighted by atomic mass is 16.3. The summed E-state index contributed by atoms with van der Waals surface area (Å²) in [5, 5.41) is 9.02. The monoisotopic (exact) mass is 247 g/mol. The number of carbonyl (C=O) groups is 1. The minimum absolute atomic E-state index is 0.0256. The van der Waals surface area contributed by atoms with E-state index >= 15 is 0 Å². The summed E-state index contributed by atoms with van der Waals surface area (Å²) in [5.41, 5.74) is 0.699. The van der Waals surface area contributed by atoms with E-state index in [-0.39, 0.29) is 18.1 Å². The molecule has 0 aromatic heterocycles. The van der Waals surface area contributed by atoms with Crippen molar-refractivity contribution in [3.05, 3.63) is 42.0 Å². The van der Waals surface area contributed by atoms with Gasteiger partial charge >= 0.3 is 0 Å². The number of aliphatic hydroxyl groups excluding tert-OH is 1. The van der Waals surface area contributed by atoms with Gasteiger partial charge in [-0.25, -0.2) is 0 Å². The summed E-state index contributed by atoms with van der Waals surface area (Å²) in [7, 11) is 0. The molecule has 0 saturated heterocycles. The van der Waals surface area contributed by atoms with Gasteiger partial charge in [-0.15, -0.1) is 0 Å². The minimum atomic E-state index is -0.291. The average Bonchev–Trinajstić information content (AvgIpc) is 2.33. The molecule has 0 spiro atoms. The summed E-state index contributed by atoms with van der Waals surface area (Å²) in [5.74, 6) is -0.0830. The molecule has 0 radical (unpaired) electrons. The van der Waals surface area contributed by atoms with Crippen LogP contribution < -0.4 is 0 Å². The van der Waals surface area contributed by atoms with Crippen molar-refractivity contribution < 1.29 is 9.90 Å². The van der Waals surface area contributed by atoms with Crippen molar-refractivity contribution in [3.63, 3.8) is 0 Å². The van der Waals surface area contributed by atoms with E-state index in [2.05, 4.69) is 0 Å². The van der Waals surface area contributed by atoms with E-state index in [1.165, 1.54) is 0 Å². The Morgan fingerprint density at radius 2 is 1.89 bits per heavy atom. The number of β-amino-alcohol motifs (C(OH)–C–C–N with tert-alkyl or cyclic N) is 1. The Morgan fingerprint density at radius 3 is 2.39 bits per heavy atom. The molecule has 1 aromatic carbocycles. The van der Waals surface area contributed by atoms with Gasteiger partial charge in [0.2, 0.25) is 5.91 Å². The van der Waals surface area contributed by atoms with Crippen molar-refractivity contribution in [2.24, 2.45) is 0 Å². The number of amides is 1. The zero-order chi connectivity index (χ0) is 13.6. The quantitative estimate of drug-likeness (QED) is 0.829. The van der Waals surface area contributed by atoms with Crippen molar-refractivity contribution in [1.29, 1.82) is 0 Å². The number of aliphatic hydroxyl groups is 1. The molecule has 0 aliphatic rings. The summed E-state index contributed by atoms with van der Waals surface area (Å²) in [4.78, 5) is 13.7. The van der Waals surface area contributed by atoms with Crippen LogP contribution in [-0.4, -0.2) is 34.6 Å². The van der Waals surface area contributed by atoms with Crippen LogP contribution in [-0.2, 0) is 4.79 Å². The first-order chi connectivity index (χ1) is 8.45. The summed E-state index contributed by atoms with van der Waals surface area (Å²) in [6.07, 6.45) is 3.34. The number of benzene rings is 1. The van der Waals surface area contributed by atoms with Crippen LogP contribution in [0.1, 0.15) is 26.3 Å². The summed E-state index contributed by atoms with van der Waals surface area (Å²) >= 11 is 0. The number of hydrogen-bond acceptors (Lipinski definition) is 2. The van der Waals surface area contributed by atoms with Gasteiger partial charge in [0.25, 0.3) is 0 Å². The Hall–Kier alpha value is -1.61. The zero-order valence-electron chi connectivity index (χ0n) is 11.3. The van der Waals surface area contributed by atoms with Crippen LogP contribution >= 0.6 is 0 Å². The molecule has 3 heteroatoms. The molecule has 0 unspecified atom stereocenters. The number of nitrogens with zero attached hydrogens (tertiary/aromatic N) is 1. The molecule has 0 atom stereocenters. The van der Waals surface area contributed by atoms with Crippen LogP contribution in [0.15, 0.2) is 36.4 Å². The molecular formula is C15H21NO2. The molecule has 1 aromatic rings. The van der Waals surface area contributed by atoms with Gasteiger partial charge in [-0.05, 0) is 32.4 Å². The zero-order valence-corrected chi connectivity index (χ0v) is 11.3. The molecule has 0 bridgehead atoms. The third-order valence-corrected chi connectivity index (χ3v) is 2.62. The van der Waals surface area contributed by atoms with Crippen LogP contribution in [0.4, 0.5) is 0 Å². The summed E-state index contributed by atoms with van der Waals surface area (Å²) in [6.45, 7) is 6.19. The van der Waals surface area contributed by atoms with Crippen molar-refractivity contribution >= 4 is 12.0 Å². The predicted molar refractivity (Wildman–Crippen MR) is 74.0 cm³/mol. The number of hydrogen-bond donors (Lipinski definition) is 1. The first-order valence-corrected chi connectivity index (χ1v) is 6.11. The average molecular weight is 247 g/mol. The molecule has 0 aliphatic heterocycles. The normalized spacial score (nSPS) is 11.8. The maximum absolute atomic E-state index is 12.1.